The molecule has 1 amide bonds. The van der Waals surface area contributed by atoms with E-state index in [0.717, 1.165) is 21.8 Å². The Hall–Kier alpha value is -2.92. The van der Waals surface area contributed by atoms with E-state index in [1.54, 1.807) is 0 Å². The fraction of sp³-hybridized carbons (Fsp3) is 0.0625. The van der Waals surface area contributed by atoms with E-state index in [9.17, 15) is 14.9 Å². The highest BCUT2D eigenvalue weighted by molar-refractivity contribution is 9.10. The van der Waals surface area contributed by atoms with Crippen molar-refractivity contribution >= 4 is 45.0 Å². The van der Waals surface area contributed by atoms with E-state index in [-0.39, 0.29) is 17.3 Å². The number of nitrogens with two attached hydrogens (primary N) is 1. The van der Waals surface area contributed by atoms with Crippen molar-refractivity contribution in [3.63, 3.8) is 0 Å². The number of halogens is 1. The molecule has 0 aliphatic carbocycles. The van der Waals surface area contributed by atoms with Gasteiger partial charge in [0.2, 0.25) is 11.1 Å². The lowest BCUT2D eigenvalue weighted by molar-refractivity contribution is -0.384. The zero-order valence-electron chi connectivity index (χ0n) is 13.7. The minimum absolute atomic E-state index is 0.0433. The van der Waals surface area contributed by atoms with Crippen molar-refractivity contribution < 1.29 is 9.72 Å². The molecule has 0 bridgehead atoms. The SMILES string of the molecule is Nn1c(SCC(=O)Nc2ccc([N+](=O)[O-])cc2)nnc1-c1ccccc1Br. The second-order valence-electron chi connectivity index (χ2n) is 5.30. The van der Waals surface area contributed by atoms with Gasteiger partial charge in [-0.15, -0.1) is 10.2 Å². The summed E-state index contributed by atoms with van der Waals surface area (Å²) < 4.78 is 2.15. The summed E-state index contributed by atoms with van der Waals surface area (Å²) in [5.74, 6) is 6.28. The van der Waals surface area contributed by atoms with Crippen molar-refractivity contribution in [1.82, 2.24) is 14.9 Å². The molecular formula is C16H13BrN6O3S. The van der Waals surface area contributed by atoms with Gasteiger partial charge in [0.05, 0.1) is 10.7 Å². The fourth-order valence-electron chi connectivity index (χ4n) is 2.20. The molecule has 1 heterocycles. The third kappa shape index (κ3) is 4.44. The number of amides is 1. The van der Waals surface area contributed by atoms with Crippen molar-refractivity contribution in [1.29, 1.82) is 0 Å². The molecule has 0 spiro atoms. The van der Waals surface area contributed by atoms with Crippen LogP contribution in [0.1, 0.15) is 0 Å². The number of hydrogen-bond donors (Lipinski definition) is 2. The van der Waals surface area contributed by atoms with Gasteiger partial charge in [-0.25, -0.2) is 4.68 Å². The number of carbonyl (C=O) groups excluding carboxylic acids is 1. The molecule has 0 radical (unpaired) electrons. The lowest BCUT2D eigenvalue weighted by Gasteiger charge is -2.06. The van der Waals surface area contributed by atoms with Gasteiger partial charge < -0.3 is 11.2 Å². The summed E-state index contributed by atoms with van der Waals surface area (Å²) in [5, 5.41) is 21.8. The molecule has 2 aromatic carbocycles. The van der Waals surface area contributed by atoms with Crippen LogP contribution in [0.15, 0.2) is 58.2 Å². The minimum Gasteiger partial charge on any atom is -0.335 e. The van der Waals surface area contributed by atoms with Gasteiger partial charge in [-0.1, -0.05) is 39.8 Å². The number of hydrogen-bond acceptors (Lipinski definition) is 7. The summed E-state index contributed by atoms with van der Waals surface area (Å²) in [6.07, 6.45) is 0. The average Bonchev–Trinajstić information content (AvgIpc) is 3.01. The van der Waals surface area contributed by atoms with Gasteiger partial charge >= 0.3 is 0 Å². The van der Waals surface area contributed by atoms with Crippen molar-refractivity contribution in [2.45, 2.75) is 5.16 Å². The standard InChI is InChI=1S/C16H13BrN6O3S/c17-13-4-2-1-3-12(13)15-20-21-16(22(15)18)27-9-14(24)19-10-5-7-11(8-6-10)23(25)26/h1-8H,9,18H2,(H,19,24). The first kappa shape index (κ1) is 18.9. The van der Waals surface area contributed by atoms with Crippen LogP contribution in [0.5, 0.6) is 0 Å². The Kier molecular flexibility index (Phi) is 5.72. The zero-order valence-corrected chi connectivity index (χ0v) is 16.1. The van der Waals surface area contributed by atoms with E-state index in [1.807, 2.05) is 24.3 Å². The summed E-state index contributed by atoms with van der Waals surface area (Å²) in [6.45, 7) is 0. The molecule has 0 saturated heterocycles. The fourth-order valence-corrected chi connectivity index (χ4v) is 3.31. The molecule has 0 atom stereocenters. The number of thioether (sulfide) groups is 1. The number of aromatic nitrogens is 3. The largest absolute Gasteiger partial charge is 0.335 e. The molecule has 0 fully saturated rings. The molecule has 1 aromatic heterocycles. The highest BCUT2D eigenvalue weighted by Gasteiger charge is 2.15. The van der Waals surface area contributed by atoms with E-state index < -0.39 is 4.92 Å². The van der Waals surface area contributed by atoms with Gasteiger partial charge in [-0.2, -0.15) is 0 Å². The normalized spacial score (nSPS) is 10.6. The monoisotopic (exact) mass is 448 g/mol. The van der Waals surface area contributed by atoms with Gasteiger partial charge in [0, 0.05) is 27.9 Å². The molecule has 3 rings (SSSR count). The van der Waals surface area contributed by atoms with Crippen LogP contribution >= 0.6 is 27.7 Å². The predicted octanol–water partition coefficient (Wildman–Crippen LogP) is 3.06. The average molecular weight is 449 g/mol. The van der Waals surface area contributed by atoms with Crippen molar-refractivity contribution in [2.24, 2.45) is 0 Å². The highest BCUT2D eigenvalue weighted by Crippen LogP contribution is 2.28. The number of nitrogens with zero attached hydrogens (tertiary/aromatic N) is 4. The molecular weight excluding hydrogens is 436 g/mol. The molecule has 0 aliphatic rings. The Labute approximate surface area is 166 Å². The number of nitrogens with one attached hydrogen (secondary N) is 1. The van der Waals surface area contributed by atoms with Crippen LogP contribution < -0.4 is 11.2 Å². The van der Waals surface area contributed by atoms with Crippen molar-refractivity contribution in [3.05, 3.63) is 63.1 Å². The number of rotatable bonds is 6. The number of nitro groups is 1. The Bertz CT molecular complexity index is 992. The molecule has 3 aromatic rings. The molecule has 27 heavy (non-hydrogen) atoms. The van der Waals surface area contributed by atoms with E-state index in [0.29, 0.717) is 16.7 Å². The maximum absolute atomic E-state index is 12.1. The molecule has 3 N–H and O–H groups in total. The maximum Gasteiger partial charge on any atom is 0.269 e. The summed E-state index contributed by atoms with van der Waals surface area (Å²) in [5.41, 5.74) is 1.21. The van der Waals surface area contributed by atoms with Gasteiger partial charge in [-0.05, 0) is 24.3 Å². The Morgan fingerprint density at radius 1 is 1.22 bits per heavy atom. The first-order chi connectivity index (χ1) is 13.0. The smallest absolute Gasteiger partial charge is 0.269 e. The third-order valence-electron chi connectivity index (χ3n) is 3.47. The lowest BCUT2D eigenvalue weighted by atomic mass is 10.2. The molecule has 138 valence electrons. The van der Waals surface area contributed by atoms with E-state index in [4.69, 9.17) is 5.84 Å². The minimum atomic E-state index is -0.502. The Balaban J connectivity index is 1.62. The van der Waals surface area contributed by atoms with Crippen LogP contribution in [0.2, 0.25) is 0 Å². The van der Waals surface area contributed by atoms with Gasteiger partial charge in [0.1, 0.15) is 0 Å². The quantitative estimate of drug-likeness (QED) is 0.256. The van der Waals surface area contributed by atoms with Crippen LogP contribution in [-0.2, 0) is 4.79 Å². The summed E-state index contributed by atoms with van der Waals surface area (Å²) in [7, 11) is 0. The number of nitrogen functional groups attached to an aromatic ring is 1. The first-order valence-corrected chi connectivity index (χ1v) is 9.36. The molecule has 0 aliphatic heterocycles. The number of non-ortho nitro benzene ring substituents is 1. The van der Waals surface area contributed by atoms with Crippen LogP contribution in [-0.4, -0.2) is 31.5 Å². The lowest BCUT2D eigenvalue weighted by Crippen LogP contribution is -2.16. The van der Waals surface area contributed by atoms with Crippen LogP contribution in [0.4, 0.5) is 11.4 Å². The number of anilines is 1. The van der Waals surface area contributed by atoms with E-state index in [2.05, 4.69) is 31.4 Å². The highest BCUT2D eigenvalue weighted by atomic mass is 79.9. The predicted molar refractivity (Wildman–Crippen MR) is 106 cm³/mol. The van der Waals surface area contributed by atoms with Gasteiger partial charge in [0.15, 0.2) is 5.82 Å². The van der Waals surface area contributed by atoms with Crippen molar-refractivity contribution in [3.8, 4) is 11.4 Å². The molecule has 11 heteroatoms. The number of benzene rings is 2. The van der Waals surface area contributed by atoms with Crippen molar-refractivity contribution in [2.75, 3.05) is 16.9 Å². The van der Waals surface area contributed by atoms with Gasteiger partial charge in [0.25, 0.3) is 5.69 Å². The van der Waals surface area contributed by atoms with Crippen LogP contribution in [0.25, 0.3) is 11.4 Å². The molecule has 9 nitrogen and oxygen atoms in total. The number of nitro benzene ring substituents is 1. The van der Waals surface area contributed by atoms with E-state index >= 15 is 0 Å². The topological polar surface area (TPSA) is 129 Å². The van der Waals surface area contributed by atoms with Crippen LogP contribution in [0, 0.1) is 10.1 Å². The molecule has 0 saturated carbocycles. The third-order valence-corrected chi connectivity index (χ3v) is 5.11. The first-order valence-electron chi connectivity index (χ1n) is 7.58. The molecule has 0 unspecified atom stereocenters. The van der Waals surface area contributed by atoms with Crippen LogP contribution in [0.3, 0.4) is 0 Å². The second-order valence-corrected chi connectivity index (χ2v) is 7.09. The number of carbonyl (C=O) groups is 1. The second kappa shape index (κ2) is 8.18. The van der Waals surface area contributed by atoms with E-state index in [1.165, 1.54) is 28.9 Å². The summed E-state index contributed by atoms with van der Waals surface area (Å²) in [6, 6.07) is 13.0. The summed E-state index contributed by atoms with van der Waals surface area (Å²) >= 11 is 4.57. The Morgan fingerprint density at radius 3 is 2.59 bits per heavy atom. The zero-order chi connectivity index (χ0) is 19.4. The summed E-state index contributed by atoms with van der Waals surface area (Å²) in [4.78, 5) is 22.2. The Morgan fingerprint density at radius 2 is 1.93 bits per heavy atom. The van der Waals surface area contributed by atoms with Gasteiger partial charge in [-0.3, -0.25) is 14.9 Å². The maximum atomic E-state index is 12.1.